The van der Waals surface area contributed by atoms with Crippen molar-refractivity contribution in [2.45, 2.75) is 45.7 Å². The first-order valence-electron chi connectivity index (χ1n) is 7.01. The Labute approximate surface area is 121 Å². The second-order valence-corrected chi connectivity index (χ2v) is 5.96. The van der Waals surface area contributed by atoms with Crippen molar-refractivity contribution in [3.8, 4) is 5.75 Å². The fraction of sp³-hybridized carbons (Fsp3) is 0.562. The maximum atomic E-state index is 11.9. The Morgan fingerprint density at radius 1 is 1.30 bits per heavy atom. The van der Waals surface area contributed by atoms with Crippen LogP contribution < -0.4 is 15.4 Å². The lowest BCUT2D eigenvalue weighted by Gasteiger charge is -2.21. The largest absolute Gasteiger partial charge is 0.496 e. The molecule has 0 unspecified atom stereocenters. The van der Waals surface area contributed by atoms with Crippen LogP contribution in [0.2, 0.25) is 0 Å². The smallest absolute Gasteiger partial charge is 0.221 e. The molecule has 1 aromatic rings. The molecular weight excluding hydrogens is 252 g/mol. The number of hydrogen-bond donors (Lipinski definition) is 2. The van der Waals surface area contributed by atoms with Crippen molar-refractivity contribution in [3.05, 3.63) is 29.8 Å². The molecule has 0 heterocycles. The topological polar surface area (TPSA) is 50.4 Å². The zero-order valence-electron chi connectivity index (χ0n) is 13.1. The first kappa shape index (κ1) is 16.5. The lowest BCUT2D eigenvalue weighted by molar-refractivity contribution is -0.121. The summed E-state index contributed by atoms with van der Waals surface area (Å²) in [6, 6.07) is 7.68. The molecule has 20 heavy (non-hydrogen) atoms. The number of rotatable bonds is 6. The van der Waals surface area contributed by atoms with Crippen LogP contribution in [-0.2, 0) is 4.79 Å². The number of amides is 1. The van der Waals surface area contributed by atoms with E-state index in [1.165, 1.54) is 0 Å². The molecule has 4 heteroatoms. The van der Waals surface area contributed by atoms with Gasteiger partial charge < -0.3 is 15.4 Å². The number of methoxy groups -OCH3 is 1. The summed E-state index contributed by atoms with van der Waals surface area (Å²) in [5.41, 5.74) is 1.03. The van der Waals surface area contributed by atoms with Gasteiger partial charge in [0.15, 0.2) is 0 Å². The number of para-hydroxylation sites is 1. The highest BCUT2D eigenvalue weighted by Crippen LogP contribution is 2.24. The lowest BCUT2D eigenvalue weighted by Crippen LogP contribution is -2.38. The minimum absolute atomic E-state index is 0.0363. The highest BCUT2D eigenvalue weighted by atomic mass is 16.5. The molecule has 4 nitrogen and oxygen atoms in total. The van der Waals surface area contributed by atoms with Crippen molar-refractivity contribution in [2.75, 3.05) is 13.7 Å². The summed E-state index contributed by atoms with van der Waals surface area (Å²) >= 11 is 0. The van der Waals surface area contributed by atoms with Gasteiger partial charge in [0.1, 0.15) is 5.75 Å². The molecule has 0 aliphatic heterocycles. The van der Waals surface area contributed by atoms with Crippen molar-refractivity contribution in [3.63, 3.8) is 0 Å². The van der Waals surface area contributed by atoms with Crippen LogP contribution in [0.1, 0.15) is 45.7 Å². The van der Waals surface area contributed by atoms with Crippen molar-refractivity contribution >= 4 is 5.91 Å². The monoisotopic (exact) mass is 278 g/mol. The van der Waals surface area contributed by atoms with Gasteiger partial charge in [-0.05, 0) is 33.8 Å². The van der Waals surface area contributed by atoms with Gasteiger partial charge in [0.25, 0.3) is 0 Å². The molecule has 1 rings (SSSR count). The second kappa shape index (κ2) is 7.29. The molecule has 0 spiro atoms. The second-order valence-electron chi connectivity index (χ2n) is 5.96. The minimum Gasteiger partial charge on any atom is -0.496 e. The molecule has 0 radical (unpaired) electrons. The molecule has 1 amide bonds. The summed E-state index contributed by atoms with van der Waals surface area (Å²) in [4.78, 5) is 11.9. The first-order valence-corrected chi connectivity index (χ1v) is 7.01. The van der Waals surface area contributed by atoms with Crippen molar-refractivity contribution in [2.24, 2.45) is 0 Å². The molecule has 1 aromatic carbocycles. The summed E-state index contributed by atoms with van der Waals surface area (Å²) in [6.07, 6.45) is 0.469. The van der Waals surface area contributed by atoms with E-state index in [0.29, 0.717) is 13.0 Å². The molecule has 0 saturated carbocycles. The maximum absolute atomic E-state index is 11.9. The van der Waals surface area contributed by atoms with Gasteiger partial charge in [-0.25, -0.2) is 0 Å². The number of benzene rings is 1. The van der Waals surface area contributed by atoms with E-state index in [2.05, 4.69) is 31.4 Å². The zero-order valence-corrected chi connectivity index (χ0v) is 13.1. The Balaban J connectivity index is 2.49. The predicted molar refractivity (Wildman–Crippen MR) is 81.9 cm³/mol. The van der Waals surface area contributed by atoms with Crippen LogP contribution >= 0.6 is 0 Å². The van der Waals surface area contributed by atoms with E-state index in [9.17, 15) is 4.79 Å². The first-order chi connectivity index (χ1) is 9.33. The lowest BCUT2D eigenvalue weighted by atomic mass is 10.1. The molecule has 2 N–H and O–H groups in total. The van der Waals surface area contributed by atoms with Gasteiger partial charge in [0.2, 0.25) is 5.91 Å². The molecule has 0 fully saturated rings. The molecule has 0 aliphatic carbocycles. The quantitative estimate of drug-likeness (QED) is 0.841. The molecule has 0 saturated heterocycles. The van der Waals surface area contributed by atoms with Gasteiger partial charge in [-0.1, -0.05) is 18.2 Å². The zero-order chi connectivity index (χ0) is 15.2. The Hall–Kier alpha value is -1.55. The highest BCUT2D eigenvalue weighted by molar-refractivity contribution is 5.76. The maximum Gasteiger partial charge on any atom is 0.221 e. The molecule has 0 aromatic heterocycles. The summed E-state index contributed by atoms with van der Waals surface area (Å²) in [5.74, 6) is 0.841. The van der Waals surface area contributed by atoms with E-state index in [0.717, 1.165) is 11.3 Å². The van der Waals surface area contributed by atoms with Crippen LogP contribution in [0.25, 0.3) is 0 Å². The van der Waals surface area contributed by atoms with Crippen molar-refractivity contribution in [1.82, 2.24) is 10.6 Å². The summed E-state index contributed by atoms with van der Waals surface area (Å²) in [7, 11) is 1.64. The number of ether oxygens (including phenoxy) is 1. The van der Waals surface area contributed by atoms with Crippen LogP contribution in [0, 0.1) is 0 Å². The predicted octanol–water partition coefficient (Wildman–Crippen LogP) is 2.65. The Morgan fingerprint density at radius 2 is 1.95 bits per heavy atom. The summed E-state index contributed by atoms with van der Waals surface area (Å²) < 4.78 is 5.31. The molecule has 0 bridgehead atoms. The van der Waals surface area contributed by atoms with Crippen LogP contribution in [-0.4, -0.2) is 25.1 Å². The van der Waals surface area contributed by atoms with E-state index in [1.54, 1.807) is 7.11 Å². The third-order valence-electron chi connectivity index (χ3n) is 2.99. The van der Waals surface area contributed by atoms with E-state index in [-0.39, 0.29) is 17.5 Å². The number of nitrogens with one attached hydrogen (secondary N) is 2. The van der Waals surface area contributed by atoms with Gasteiger partial charge >= 0.3 is 0 Å². The van der Waals surface area contributed by atoms with E-state index in [4.69, 9.17) is 4.74 Å². The average molecular weight is 278 g/mol. The van der Waals surface area contributed by atoms with Crippen molar-refractivity contribution < 1.29 is 9.53 Å². The number of carbonyl (C=O) groups excluding carboxylic acids is 1. The van der Waals surface area contributed by atoms with Gasteiger partial charge in [-0.3, -0.25) is 4.79 Å². The summed E-state index contributed by atoms with van der Waals surface area (Å²) in [6.45, 7) is 8.90. The van der Waals surface area contributed by atoms with E-state index >= 15 is 0 Å². The summed E-state index contributed by atoms with van der Waals surface area (Å²) in [5, 5.41) is 6.30. The minimum atomic E-state index is -0.0618. The molecular formula is C16H26N2O2. The highest BCUT2D eigenvalue weighted by Gasteiger charge is 2.14. The molecule has 112 valence electrons. The Bertz CT molecular complexity index is 438. The fourth-order valence-corrected chi connectivity index (χ4v) is 1.97. The van der Waals surface area contributed by atoms with E-state index in [1.807, 2.05) is 31.2 Å². The standard InChI is InChI=1S/C16H26N2O2/c1-12(13-8-6-7-9-14(13)20-5)18-15(19)10-11-17-16(2,3)4/h6-9,12,17H,10-11H2,1-5H3,(H,18,19)/t12-/m1/s1. The average Bonchev–Trinajstić information content (AvgIpc) is 2.37. The van der Waals surface area contributed by atoms with E-state index < -0.39 is 0 Å². The van der Waals surface area contributed by atoms with Gasteiger partial charge in [0.05, 0.1) is 13.2 Å². The van der Waals surface area contributed by atoms with Crippen LogP contribution in [0.3, 0.4) is 0 Å². The van der Waals surface area contributed by atoms with Crippen LogP contribution in [0.15, 0.2) is 24.3 Å². The van der Waals surface area contributed by atoms with Crippen LogP contribution in [0.5, 0.6) is 5.75 Å². The number of hydrogen-bond acceptors (Lipinski definition) is 3. The van der Waals surface area contributed by atoms with Crippen LogP contribution in [0.4, 0.5) is 0 Å². The SMILES string of the molecule is COc1ccccc1[C@@H](C)NC(=O)CCNC(C)(C)C. The Morgan fingerprint density at radius 3 is 2.55 bits per heavy atom. The fourth-order valence-electron chi connectivity index (χ4n) is 1.97. The third kappa shape index (κ3) is 5.61. The number of carbonyl (C=O) groups is 1. The van der Waals surface area contributed by atoms with Gasteiger partial charge in [-0.15, -0.1) is 0 Å². The van der Waals surface area contributed by atoms with Gasteiger partial charge in [0, 0.05) is 24.1 Å². The van der Waals surface area contributed by atoms with Gasteiger partial charge in [-0.2, -0.15) is 0 Å². The molecule has 0 aliphatic rings. The third-order valence-corrected chi connectivity index (χ3v) is 2.99. The molecule has 1 atom stereocenters. The Kier molecular flexibility index (Phi) is 6.02. The van der Waals surface area contributed by atoms with Crippen molar-refractivity contribution in [1.29, 1.82) is 0 Å². The normalized spacial score (nSPS) is 12.8.